The van der Waals surface area contributed by atoms with E-state index in [1.165, 1.54) is 18.4 Å². The Balaban J connectivity index is 1.64. The minimum Gasteiger partial charge on any atom is -0.381 e. The van der Waals surface area contributed by atoms with Crippen LogP contribution in [-0.2, 0) is 17.8 Å². The number of imidazole rings is 1. The van der Waals surface area contributed by atoms with Crippen molar-refractivity contribution in [3.05, 3.63) is 30.1 Å². The van der Waals surface area contributed by atoms with Crippen LogP contribution in [0, 0.1) is 5.92 Å². The molecule has 1 fully saturated rings. The number of nitrogens with one attached hydrogen (secondary N) is 1. The highest BCUT2D eigenvalue weighted by molar-refractivity contribution is 5.75. The van der Waals surface area contributed by atoms with Gasteiger partial charge in [0.1, 0.15) is 5.82 Å². The number of aromatic nitrogens is 2. The van der Waals surface area contributed by atoms with Crippen molar-refractivity contribution in [2.75, 3.05) is 19.8 Å². The molecule has 108 valence electrons. The first-order valence-corrected chi connectivity index (χ1v) is 7.61. The number of hydrogen-bond donors (Lipinski definition) is 1. The molecule has 1 saturated heterocycles. The van der Waals surface area contributed by atoms with Crippen LogP contribution in [0.5, 0.6) is 0 Å². The molecule has 3 rings (SSSR count). The van der Waals surface area contributed by atoms with Crippen LogP contribution < -0.4 is 5.32 Å². The fourth-order valence-electron chi connectivity index (χ4n) is 2.95. The van der Waals surface area contributed by atoms with Gasteiger partial charge in [0.25, 0.3) is 0 Å². The van der Waals surface area contributed by atoms with Crippen LogP contribution in [0.1, 0.15) is 25.6 Å². The molecule has 2 heterocycles. The lowest BCUT2D eigenvalue weighted by atomic mass is 10.0. The SMILES string of the molecule is CCn1c(CNCC2CCOCC2)nc2ccccc21. The number of aryl methyl sites for hydroxylation is 1. The van der Waals surface area contributed by atoms with Crippen LogP contribution >= 0.6 is 0 Å². The summed E-state index contributed by atoms with van der Waals surface area (Å²) in [4.78, 5) is 4.74. The molecule has 2 aromatic rings. The van der Waals surface area contributed by atoms with Gasteiger partial charge in [0.2, 0.25) is 0 Å². The van der Waals surface area contributed by atoms with Gasteiger partial charge < -0.3 is 14.6 Å². The molecule has 0 atom stereocenters. The van der Waals surface area contributed by atoms with Crippen LogP contribution in [-0.4, -0.2) is 29.3 Å². The van der Waals surface area contributed by atoms with E-state index in [1.807, 2.05) is 0 Å². The lowest BCUT2D eigenvalue weighted by Crippen LogP contribution is -2.28. The predicted molar refractivity (Wildman–Crippen MR) is 80.7 cm³/mol. The van der Waals surface area contributed by atoms with Gasteiger partial charge in [-0.3, -0.25) is 0 Å². The third-order valence-electron chi connectivity index (χ3n) is 4.11. The molecular formula is C16H23N3O. The number of para-hydroxylation sites is 2. The van der Waals surface area contributed by atoms with Crippen LogP contribution in [0.15, 0.2) is 24.3 Å². The maximum atomic E-state index is 5.40. The number of nitrogens with zero attached hydrogens (tertiary/aromatic N) is 2. The smallest absolute Gasteiger partial charge is 0.123 e. The van der Waals surface area contributed by atoms with E-state index in [4.69, 9.17) is 9.72 Å². The standard InChI is InChI=1S/C16H23N3O/c1-2-19-15-6-4-3-5-14(15)18-16(19)12-17-11-13-7-9-20-10-8-13/h3-6,13,17H,2,7-12H2,1H3. The van der Waals surface area contributed by atoms with Gasteiger partial charge in [0.15, 0.2) is 0 Å². The minimum absolute atomic E-state index is 0.753. The average molecular weight is 273 g/mol. The molecule has 0 spiro atoms. The second-order valence-electron chi connectivity index (χ2n) is 5.45. The Bertz CT molecular complexity index is 558. The van der Waals surface area contributed by atoms with Gasteiger partial charge in [-0.15, -0.1) is 0 Å². The highest BCUT2D eigenvalue weighted by Gasteiger charge is 2.14. The van der Waals surface area contributed by atoms with E-state index in [2.05, 4.69) is 41.1 Å². The van der Waals surface area contributed by atoms with E-state index < -0.39 is 0 Å². The normalized spacial score (nSPS) is 16.9. The third-order valence-corrected chi connectivity index (χ3v) is 4.11. The summed E-state index contributed by atoms with van der Waals surface area (Å²) < 4.78 is 7.69. The van der Waals surface area contributed by atoms with Gasteiger partial charge in [0.05, 0.1) is 17.6 Å². The van der Waals surface area contributed by atoms with E-state index >= 15 is 0 Å². The van der Waals surface area contributed by atoms with E-state index in [0.29, 0.717) is 0 Å². The first kappa shape index (κ1) is 13.6. The summed E-state index contributed by atoms with van der Waals surface area (Å²) in [5.41, 5.74) is 2.33. The Morgan fingerprint density at radius 2 is 2.10 bits per heavy atom. The zero-order valence-corrected chi connectivity index (χ0v) is 12.1. The number of rotatable bonds is 5. The van der Waals surface area contributed by atoms with Gasteiger partial charge in [-0.1, -0.05) is 12.1 Å². The van der Waals surface area contributed by atoms with E-state index in [-0.39, 0.29) is 0 Å². The average Bonchev–Trinajstić information content (AvgIpc) is 2.86. The van der Waals surface area contributed by atoms with Crippen molar-refractivity contribution in [3.8, 4) is 0 Å². The molecule has 0 unspecified atom stereocenters. The zero-order chi connectivity index (χ0) is 13.8. The van der Waals surface area contributed by atoms with Gasteiger partial charge in [-0.05, 0) is 44.4 Å². The summed E-state index contributed by atoms with van der Waals surface area (Å²) in [6.07, 6.45) is 2.36. The lowest BCUT2D eigenvalue weighted by molar-refractivity contribution is 0.0662. The van der Waals surface area contributed by atoms with Crippen molar-refractivity contribution in [1.29, 1.82) is 0 Å². The van der Waals surface area contributed by atoms with Gasteiger partial charge in [-0.2, -0.15) is 0 Å². The Kier molecular flexibility index (Phi) is 4.33. The van der Waals surface area contributed by atoms with Crippen LogP contribution in [0.2, 0.25) is 0 Å². The second-order valence-corrected chi connectivity index (χ2v) is 5.45. The molecule has 0 radical (unpaired) electrons. The first-order chi connectivity index (χ1) is 9.88. The zero-order valence-electron chi connectivity index (χ0n) is 12.1. The van der Waals surface area contributed by atoms with Crippen LogP contribution in [0.4, 0.5) is 0 Å². The molecule has 20 heavy (non-hydrogen) atoms. The Morgan fingerprint density at radius 1 is 1.30 bits per heavy atom. The molecular weight excluding hydrogens is 250 g/mol. The van der Waals surface area contributed by atoms with Crippen LogP contribution in [0.25, 0.3) is 11.0 Å². The van der Waals surface area contributed by atoms with Gasteiger partial charge >= 0.3 is 0 Å². The Hall–Kier alpha value is -1.39. The third kappa shape index (κ3) is 2.86. The van der Waals surface area contributed by atoms with E-state index in [9.17, 15) is 0 Å². The van der Waals surface area contributed by atoms with Crippen molar-refractivity contribution in [2.24, 2.45) is 5.92 Å². The molecule has 1 aromatic carbocycles. The number of ether oxygens (including phenoxy) is 1. The maximum Gasteiger partial charge on any atom is 0.123 e. The topological polar surface area (TPSA) is 39.1 Å². The summed E-state index contributed by atoms with van der Waals surface area (Å²) >= 11 is 0. The van der Waals surface area contributed by atoms with Crippen molar-refractivity contribution < 1.29 is 4.74 Å². The summed E-state index contributed by atoms with van der Waals surface area (Å²) in [6.45, 7) is 6.89. The van der Waals surface area contributed by atoms with E-state index in [1.54, 1.807) is 0 Å². The van der Waals surface area contributed by atoms with Gasteiger partial charge in [0, 0.05) is 19.8 Å². The molecule has 0 bridgehead atoms. The molecule has 0 saturated carbocycles. The van der Waals surface area contributed by atoms with Crippen molar-refractivity contribution in [2.45, 2.75) is 32.9 Å². The van der Waals surface area contributed by atoms with Crippen molar-refractivity contribution in [3.63, 3.8) is 0 Å². The summed E-state index contributed by atoms with van der Waals surface area (Å²) in [5.74, 6) is 1.89. The fraction of sp³-hybridized carbons (Fsp3) is 0.562. The number of hydrogen-bond acceptors (Lipinski definition) is 3. The minimum atomic E-state index is 0.753. The number of fused-ring (bicyclic) bond motifs is 1. The lowest BCUT2D eigenvalue weighted by Gasteiger charge is -2.22. The highest BCUT2D eigenvalue weighted by atomic mass is 16.5. The molecule has 1 aromatic heterocycles. The van der Waals surface area contributed by atoms with Crippen LogP contribution in [0.3, 0.4) is 0 Å². The first-order valence-electron chi connectivity index (χ1n) is 7.61. The predicted octanol–water partition coefficient (Wildman–Crippen LogP) is 2.57. The monoisotopic (exact) mass is 273 g/mol. The Labute approximate surface area is 120 Å². The largest absolute Gasteiger partial charge is 0.381 e. The quantitative estimate of drug-likeness (QED) is 0.910. The molecule has 1 aliphatic heterocycles. The molecule has 4 nitrogen and oxygen atoms in total. The summed E-state index contributed by atoms with van der Waals surface area (Å²) in [6, 6.07) is 8.36. The fourth-order valence-corrected chi connectivity index (χ4v) is 2.95. The Morgan fingerprint density at radius 3 is 2.90 bits per heavy atom. The molecule has 0 aliphatic carbocycles. The summed E-state index contributed by atoms with van der Waals surface area (Å²) in [5, 5.41) is 3.57. The van der Waals surface area contributed by atoms with Gasteiger partial charge in [-0.25, -0.2) is 4.98 Å². The molecule has 4 heteroatoms. The van der Waals surface area contributed by atoms with E-state index in [0.717, 1.165) is 50.1 Å². The second kappa shape index (κ2) is 6.37. The molecule has 1 N–H and O–H groups in total. The molecule has 0 amide bonds. The maximum absolute atomic E-state index is 5.40. The van der Waals surface area contributed by atoms with Crippen molar-refractivity contribution in [1.82, 2.24) is 14.9 Å². The summed E-state index contributed by atoms with van der Waals surface area (Å²) in [7, 11) is 0. The van der Waals surface area contributed by atoms with Crippen molar-refractivity contribution >= 4 is 11.0 Å². The highest BCUT2D eigenvalue weighted by Crippen LogP contribution is 2.16. The number of benzene rings is 1. The molecule has 1 aliphatic rings.